The van der Waals surface area contributed by atoms with E-state index in [2.05, 4.69) is 29.0 Å². The molecule has 0 aliphatic carbocycles. The Morgan fingerprint density at radius 2 is 1.94 bits per heavy atom. The number of nitrogens with zero attached hydrogens (tertiary/aromatic N) is 2. The van der Waals surface area contributed by atoms with Crippen LogP contribution < -0.4 is 5.73 Å². The number of aromatic nitrogens is 2. The van der Waals surface area contributed by atoms with Gasteiger partial charge in [-0.3, -0.25) is 0 Å². The summed E-state index contributed by atoms with van der Waals surface area (Å²) in [6, 6.07) is 7.85. The summed E-state index contributed by atoms with van der Waals surface area (Å²) in [6.45, 7) is 4.06. The molecule has 2 aromatic heterocycles. The van der Waals surface area contributed by atoms with Crippen LogP contribution in [0, 0.1) is 13.8 Å². The average molecular weight is 231 g/mol. The highest BCUT2D eigenvalue weighted by molar-refractivity contribution is 7.99. The number of aryl methyl sites for hydroxylation is 2. The lowest BCUT2D eigenvalue weighted by Gasteiger charge is -2.03. The molecule has 0 radical (unpaired) electrons. The molecular formula is C12H13N3S. The van der Waals surface area contributed by atoms with Gasteiger partial charge in [0.2, 0.25) is 0 Å². The molecule has 0 aromatic carbocycles. The Labute approximate surface area is 99.1 Å². The summed E-state index contributed by atoms with van der Waals surface area (Å²) < 4.78 is 0. The van der Waals surface area contributed by atoms with Crippen molar-refractivity contribution in [3.8, 4) is 0 Å². The number of nitrogen functional groups attached to an aromatic ring is 1. The normalized spacial score (nSPS) is 10.4. The zero-order chi connectivity index (χ0) is 11.5. The topological polar surface area (TPSA) is 51.8 Å². The van der Waals surface area contributed by atoms with Crippen LogP contribution in [-0.2, 0) is 0 Å². The second-order valence-electron chi connectivity index (χ2n) is 3.66. The lowest BCUT2D eigenvalue weighted by Crippen LogP contribution is -1.89. The molecule has 0 unspecified atom stereocenters. The van der Waals surface area contributed by atoms with E-state index in [0.717, 1.165) is 15.7 Å². The lowest BCUT2D eigenvalue weighted by molar-refractivity contribution is 1.04. The van der Waals surface area contributed by atoms with Crippen molar-refractivity contribution in [2.24, 2.45) is 0 Å². The third-order valence-electron chi connectivity index (χ3n) is 2.04. The van der Waals surface area contributed by atoms with Crippen molar-refractivity contribution < 1.29 is 0 Å². The van der Waals surface area contributed by atoms with Gasteiger partial charge in [0.1, 0.15) is 10.1 Å². The quantitative estimate of drug-likeness (QED) is 0.863. The van der Waals surface area contributed by atoms with E-state index in [-0.39, 0.29) is 0 Å². The molecule has 2 N–H and O–H groups in total. The maximum atomic E-state index is 5.58. The zero-order valence-electron chi connectivity index (χ0n) is 9.27. The summed E-state index contributed by atoms with van der Waals surface area (Å²) >= 11 is 1.55. The fourth-order valence-electron chi connectivity index (χ4n) is 1.42. The number of hydrogen-bond donors (Lipinski definition) is 1. The van der Waals surface area contributed by atoms with Gasteiger partial charge in [-0.2, -0.15) is 0 Å². The minimum absolute atomic E-state index is 0.678. The zero-order valence-corrected chi connectivity index (χ0v) is 10.1. The summed E-state index contributed by atoms with van der Waals surface area (Å²) in [7, 11) is 0. The molecule has 3 nitrogen and oxygen atoms in total. The van der Waals surface area contributed by atoms with Crippen LogP contribution in [0.5, 0.6) is 0 Å². The minimum atomic E-state index is 0.678. The third kappa shape index (κ3) is 2.73. The van der Waals surface area contributed by atoms with Gasteiger partial charge in [0.05, 0.1) is 11.9 Å². The SMILES string of the molecule is Cc1cc(C)nc(Sc2ccc(N)cn2)c1. The average Bonchev–Trinajstić information content (AvgIpc) is 2.20. The second kappa shape index (κ2) is 4.53. The summed E-state index contributed by atoms with van der Waals surface area (Å²) in [5.41, 5.74) is 8.50. The van der Waals surface area contributed by atoms with Crippen LogP contribution in [-0.4, -0.2) is 9.97 Å². The summed E-state index contributed by atoms with van der Waals surface area (Å²) in [6.07, 6.45) is 1.66. The van der Waals surface area contributed by atoms with E-state index in [1.807, 2.05) is 19.1 Å². The van der Waals surface area contributed by atoms with E-state index in [4.69, 9.17) is 5.73 Å². The number of anilines is 1. The van der Waals surface area contributed by atoms with Crippen LogP contribution in [0.25, 0.3) is 0 Å². The van der Waals surface area contributed by atoms with Crippen molar-refractivity contribution >= 4 is 17.4 Å². The van der Waals surface area contributed by atoms with Crippen molar-refractivity contribution in [3.05, 3.63) is 41.7 Å². The van der Waals surface area contributed by atoms with Gasteiger partial charge < -0.3 is 5.73 Å². The summed E-state index contributed by atoms with van der Waals surface area (Å²) in [5, 5.41) is 1.88. The van der Waals surface area contributed by atoms with Gasteiger partial charge in [0.15, 0.2) is 0 Å². The van der Waals surface area contributed by atoms with Gasteiger partial charge in [-0.25, -0.2) is 9.97 Å². The predicted octanol–water partition coefficient (Wildman–Crippen LogP) is 2.83. The molecule has 4 heteroatoms. The van der Waals surface area contributed by atoms with Gasteiger partial charge in [-0.05, 0) is 43.7 Å². The first-order valence-electron chi connectivity index (χ1n) is 4.98. The Balaban J connectivity index is 2.23. The Morgan fingerprint density at radius 1 is 1.12 bits per heavy atom. The van der Waals surface area contributed by atoms with Gasteiger partial charge in [-0.1, -0.05) is 11.8 Å². The molecule has 0 aliphatic heterocycles. The summed E-state index contributed by atoms with van der Waals surface area (Å²) in [5.74, 6) is 0. The highest BCUT2D eigenvalue weighted by Gasteiger charge is 2.01. The first-order valence-corrected chi connectivity index (χ1v) is 5.80. The molecule has 2 aromatic rings. The van der Waals surface area contributed by atoms with Crippen LogP contribution in [0.3, 0.4) is 0 Å². The van der Waals surface area contributed by atoms with Crippen LogP contribution in [0.4, 0.5) is 5.69 Å². The molecule has 0 spiro atoms. The number of pyridine rings is 2. The molecule has 16 heavy (non-hydrogen) atoms. The van der Waals surface area contributed by atoms with Crippen molar-refractivity contribution in [1.29, 1.82) is 0 Å². The standard InChI is InChI=1S/C12H13N3S/c1-8-5-9(2)15-12(6-8)16-11-4-3-10(13)7-14-11/h3-7H,13H2,1-2H3. The van der Waals surface area contributed by atoms with E-state index < -0.39 is 0 Å². The van der Waals surface area contributed by atoms with Gasteiger partial charge in [0, 0.05) is 5.69 Å². The van der Waals surface area contributed by atoms with E-state index >= 15 is 0 Å². The van der Waals surface area contributed by atoms with E-state index in [0.29, 0.717) is 5.69 Å². The lowest BCUT2D eigenvalue weighted by atomic mass is 10.3. The van der Waals surface area contributed by atoms with E-state index in [1.165, 1.54) is 5.56 Å². The molecule has 0 saturated heterocycles. The number of hydrogen-bond acceptors (Lipinski definition) is 4. The van der Waals surface area contributed by atoms with Gasteiger partial charge >= 0.3 is 0 Å². The predicted molar refractivity (Wildman–Crippen MR) is 66.5 cm³/mol. The van der Waals surface area contributed by atoms with Crippen molar-refractivity contribution in [3.63, 3.8) is 0 Å². The van der Waals surface area contributed by atoms with Crippen LogP contribution in [0.15, 0.2) is 40.5 Å². The first kappa shape index (κ1) is 11.0. The van der Waals surface area contributed by atoms with Crippen LogP contribution >= 0.6 is 11.8 Å². The number of nitrogens with two attached hydrogens (primary N) is 1. The van der Waals surface area contributed by atoms with Crippen molar-refractivity contribution in [2.45, 2.75) is 23.9 Å². The Hall–Kier alpha value is -1.55. The third-order valence-corrected chi connectivity index (χ3v) is 2.91. The molecule has 0 bridgehead atoms. The maximum Gasteiger partial charge on any atom is 0.103 e. The molecule has 0 atom stereocenters. The highest BCUT2D eigenvalue weighted by Crippen LogP contribution is 2.25. The molecule has 0 amide bonds. The van der Waals surface area contributed by atoms with Crippen LogP contribution in [0.1, 0.15) is 11.3 Å². The monoisotopic (exact) mass is 231 g/mol. The molecule has 2 heterocycles. The molecule has 2 rings (SSSR count). The maximum absolute atomic E-state index is 5.58. The smallest absolute Gasteiger partial charge is 0.103 e. The molecule has 0 aliphatic rings. The highest BCUT2D eigenvalue weighted by atomic mass is 32.2. The Bertz CT molecular complexity index is 474. The molecule has 0 fully saturated rings. The van der Waals surface area contributed by atoms with E-state index in [9.17, 15) is 0 Å². The Morgan fingerprint density at radius 3 is 2.56 bits per heavy atom. The van der Waals surface area contributed by atoms with Crippen LogP contribution in [0.2, 0.25) is 0 Å². The van der Waals surface area contributed by atoms with Crippen molar-refractivity contribution in [2.75, 3.05) is 5.73 Å². The Kier molecular flexibility index (Phi) is 3.10. The van der Waals surface area contributed by atoms with Crippen molar-refractivity contribution in [1.82, 2.24) is 9.97 Å². The van der Waals surface area contributed by atoms with Gasteiger partial charge in [0.25, 0.3) is 0 Å². The van der Waals surface area contributed by atoms with Gasteiger partial charge in [-0.15, -0.1) is 0 Å². The molecular weight excluding hydrogens is 218 g/mol. The largest absolute Gasteiger partial charge is 0.397 e. The fraction of sp³-hybridized carbons (Fsp3) is 0.167. The minimum Gasteiger partial charge on any atom is -0.397 e. The number of rotatable bonds is 2. The second-order valence-corrected chi connectivity index (χ2v) is 4.70. The molecule has 0 saturated carbocycles. The summed E-state index contributed by atoms with van der Waals surface area (Å²) in [4.78, 5) is 8.67. The van der Waals surface area contributed by atoms with E-state index in [1.54, 1.807) is 18.0 Å². The fourth-order valence-corrected chi connectivity index (χ4v) is 2.31. The molecule has 82 valence electrons. The first-order chi connectivity index (χ1) is 7.63.